The molecule has 1 aromatic carbocycles. The maximum atomic E-state index is 8.86. The standard InChI is InChI=1S/C16H26N2O2/c1-15(20-14-16-6-3-2-4-7-16)18-11-9-17(10-12-18)8-5-13-19/h2-4,6-7,15,19H,5,8-14H2,1H3. The molecule has 0 saturated carbocycles. The van der Waals surface area contributed by atoms with Crippen LogP contribution in [-0.2, 0) is 11.3 Å². The Morgan fingerprint density at radius 3 is 2.50 bits per heavy atom. The first kappa shape index (κ1) is 15.4. The molecule has 1 N–H and O–H groups in total. The number of aliphatic hydroxyl groups excluding tert-OH is 1. The maximum absolute atomic E-state index is 8.86. The van der Waals surface area contributed by atoms with Crippen LogP contribution in [0.1, 0.15) is 18.9 Å². The Kier molecular flexibility index (Phi) is 6.47. The lowest BCUT2D eigenvalue weighted by Gasteiger charge is -2.37. The topological polar surface area (TPSA) is 35.9 Å². The Labute approximate surface area is 122 Å². The van der Waals surface area contributed by atoms with Gasteiger partial charge in [0, 0.05) is 39.3 Å². The predicted molar refractivity (Wildman–Crippen MR) is 80.4 cm³/mol. The first-order valence-electron chi connectivity index (χ1n) is 7.52. The Morgan fingerprint density at radius 1 is 1.15 bits per heavy atom. The number of ether oxygens (including phenoxy) is 1. The summed E-state index contributed by atoms with van der Waals surface area (Å²) < 4.78 is 5.95. The lowest BCUT2D eigenvalue weighted by atomic mass is 10.2. The third-order valence-corrected chi connectivity index (χ3v) is 3.89. The van der Waals surface area contributed by atoms with Crippen LogP contribution in [0.2, 0.25) is 0 Å². The molecule has 1 atom stereocenters. The lowest BCUT2D eigenvalue weighted by Crippen LogP contribution is -2.50. The van der Waals surface area contributed by atoms with Crippen molar-refractivity contribution in [1.82, 2.24) is 9.80 Å². The number of hydrogen-bond donors (Lipinski definition) is 1. The zero-order valence-electron chi connectivity index (χ0n) is 12.4. The van der Waals surface area contributed by atoms with Gasteiger partial charge in [0.15, 0.2) is 0 Å². The van der Waals surface area contributed by atoms with Gasteiger partial charge in [-0.15, -0.1) is 0 Å². The number of aliphatic hydroxyl groups is 1. The molecule has 1 unspecified atom stereocenters. The molecule has 1 saturated heterocycles. The summed E-state index contributed by atoms with van der Waals surface area (Å²) in [5.74, 6) is 0. The van der Waals surface area contributed by atoms with Gasteiger partial charge in [0.25, 0.3) is 0 Å². The minimum Gasteiger partial charge on any atom is -0.396 e. The molecule has 0 radical (unpaired) electrons. The molecule has 0 spiro atoms. The summed E-state index contributed by atoms with van der Waals surface area (Å²) in [6.07, 6.45) is 1.04. The molecule has 0 aromatic heterocycles. The molecule has 1 fully saturated rings. The summed E-state index contributed by atoms with van der Waals surface area (Å²) >= 11 is 0. The first-order valence-corrected chi connectivity index (χ1v) is 7.52. The maximum Gasteiger partial charge on any atom is 0.108 e. The van der Waals surface area contributed by atoms with Crippen LogP contribution in [0.5, 0.6) is 0 Å². The van der Waals surface area contributed by atoms with Crippen molar-refractivity contribution in [1.29, 1.82) is 0 Å². The van der Waals surface area contributed by atoms with Crippen molar-refractivity contribution in [2.75, 3.05) is 39.3 Å². The minimum atomic E-state index is 0.162. The van der Waals surface area contributed by atoms with Gasteiger partial charge in [-0.3, -0.25) is 4.90 Å². The van der Waals surface area contributed by atoms with E-state index >= 15 is 0 Å². The van der Waals surface area contributed by atoms with E-state index < -0.39 is 0 Å². The molecule has 112 valence electrons. The molecule has 4 heteroatoms. The highest BCUT2D eigenvalue weighted by Gasteiger charge is 2.20. The highest BCUT2D eigenvalue weighted by atomic mass is 16.5. The highest BCUT2D eigenvalue weighted by Crippen LogP contribution is 2.10. The summed E-state index contributed by atoms with van der Waals surface area (Å²) in [5.41, 5.74) is 1.22. The van der Waals surface area contributed by atoms with Crippen molar-refractivity contribution in [2.24, 2.45) is 0 Å². The third kappa shape index (κ3) is 4.87. The number of hydrogen-bond acceptors (Lipinski definition) is 4. The monoisotopic (exact) mass is 278 g/mol. The van der Waals surface area contributed by atoms with Gasteiger partial charge in [-0.05, 0) is 18.9 Å². The molecule has 1 aliphatic heterocycles. The summed E-state index contributed by atoms with van der Waals surface area (Å²) in [6, 6.07) is 10.3. The van der Waals surface area contributed by atoms with Crippen molar-refractivity contribution >= 4 is 0 Å². The quantitative estimate of drug-likeness (QED) is 0.821. The van der Waals surface area contributed by atoms with Crippen molar-refractivity contribution in [2.45, 2.75) is 26.2 Å². The van der Waals surface area contributed by atoms with Gasteiger partial charge in [0.05, 0.1) is 6.61 Å². The molecular formula is C16H26N2O2. The van der Waals surface area contributed by atoms with E-state index in [-0.39, 0.29) is 12.8 Å². The van der Waals surface area contributed by atoms with E-state index in [2.05, 4.69) is 28.9 Å². The normalized spacial score (nSPS) is 19.1. The number of rotatable bonds is 7. The average molecular weight is 278 g/mol. The molecule has 4 nitrogen and oxygen atoms in total. The van der Waals surface area contributed by atoms with Crippen LogP contribution in [0.15, 0.2) is 30.3 Å². The molecule has 0 amide bonds. The summed E-state index contributed by atoms with van der Waals surface area (Å²) in [6.45, 7) is 8.32. The average Bonchev–Trinajstić information content (AvgIpc) is 2.52. The van der Waals surface area contributed by atoms with Crippen molar-refractivity contribution in [3.63, 3.8) is 0 Å². The van der Waals surface area contributed by atoms with Crippen molar-refractivity contribution in [3.8, 4) is 0 Å². The van der Waals surface area contributed by atoms with Crippen molar-refractivity contribution in [3.05, 3.63) is 35.9 Å². The van der Waals surface area contributed by atoms with Gasteiger partial charge in [-0.1, -0.05) is 30.3 Å². The molecule has 20 heavy (non-hydrogen) atoms. The fourth-order valence-corrected chi connectivity index (χ4v) is 2.54. The third-order valence-electron chi connectivity index (χ3n) is 3.89. The molecular weight excluding hydrogens is 252 g/mol. The van der Waals surface area contributed by atoms with Gasteiger partial charge in [0.1, 0.15) is 6.23 Å². The van der Waals surface area contributed by atoms with Crippen molar-refractivity contribution < 1.29 is 9.84 Å². The van der Waals surface area contributed by atoms with Crippen LogP contribution < -0.4 is 0 Å². The van der Waals surface area contributed by atoms with Crippen LogP contribution in [-0.4, -0.2) is 60.5 Å². The van der Waals surface area contributed by atoms with E-state index in [0.717, 1.165) is 39.1 Å². The second-order valence-corrected chi connectivity index (χ2v) is 5.35. The number of benzene rings is 1. The largest absolute Gasteiger partial charge is 0.396 e. The SMILES string of the molecule is CC(OCc1ccccc1)N1CCN(CCCO)CC1. The Bertz CT molecular complexity index is 364. The van der Waals surface area contributed by atoms with Gasteiger partial charge < -0.3 is 14.7 Å². The summed E-state index contributed by atoms with van der Waals surface area (Å²) in [5, 5.41) is 8.86. The van der Waals surface area contributed by atoms with E-state index in [0.29, 0.717) is 6.61 Å². The zero-order valence-corrected chi connectivity index (χ0v) is 12.4. The van der Waals surface area contributed by atoms with Crippen LogP contribution in [0.25, 0.3) is 0 Å². The van der Waals surface area contributed by atoms with Crippen LogP contribution >= 0.6 is 0 Å². The van der Waals surface area contributed by atoms with E-state index in [1.54, 1.807) is 0 Å². The van der Waals surface area contributed by atoms with E-state index in [4.69, 9.17) is 9.84 Å². The van der Waals surface area contributed by atoms with E-state index in [9.17, 15) is 0 Å². The Morgan fingerprint density at radius 2 is 1.85 bits per heavy atom. The summed E-state index contributed by atoms with van der Waals surface area (Å²) in [4.78, 5) is 4.80. The second kappa shape index (κ2) is 8.37. The Balaban J connectivity index is 1.68. The lowest BCUT2D eigenvalue weighted by molar-refractivity contribution is -0.0732. The van der Waals surface area contributed by atoms with Crippen LogP contribution in [0.4, 0.5) is 0 Å². The van der Waals surface area contributed by atoms with Gasteiger partial charge in [0.2, 0.25) is 0 Å². The number of nitrogens with zero attached hydrogens (tertiary/aromatic N) is 2. The van der Waals surface area contributed by atoms with Gasteiger partial charge in [-0.25, -0.2) is 0 Å². The second-order valence-electron chi connectivity index (χ2n) is 5.35. The first-order chi connectivity index (χ1) is 9.79. The minimum absolute atomic E-state index is 0.162. The Hall–Kier alpha value is -0.940. The highest BCUT2D eigenvalue weighted by molar-refractivity contribution is 5.13. The van der Waals surface area contributed by atoms with E-state index in [1.165, 1.54) is 5.56 Å². The molecule has 1 aromatic rings. The van der Waals surface area contributed by atoms with Gasteiger partial charge in [-0.2, -0.15) is 0 Å². The van der Waals surface area contributed by atoms with Crippen LogP contribution in [0.3, 0.4) is 0 Å². The molecule has 2 rings (SSSR count). The predicted octanol–water partition coefficient (Wildman–Crippen LogP) is 1.55. The number of piperazine rings is 1. The van der Waals surface area contributed by atoms with Gasteiger partial charge >= 0.3 is 0 Å². The molecule has 0 bridgehead atoms. The van der Waals surface area contributed by atoms with E-state index in [1.807, 2.05) is 18.2 Å². The molecule has 1 heterocycles. The smallest absolute Gasteiger partial charge is 0.108 e. The molecule has 0 aliphatic carbocycles. The fraction of sp³-hybridized carbons (Fsp3) is 0.625. The zero-order chi connectivity index (χ0) is 14.2. The summed E-state index contributed by atoms with van der Waals surface area (Å²) in [7, 11) is 0. The fourth-order valence-electron chi connectivity index (χ4n) is 2.54. The van der Waals surface area contributed by atoms with Crippen LogP contribution in [0, 0.1) is 0 Å². The molecule has 1 aliphatic rings.